The predicted octanol–water partition coefficient (Wildman–Crippen LogP) is 2.97. The number of furan rings is 1. The second kappa shape index (κ2) is 5.01. The van der Waals surface area contributed by atoms with E-state index in [1.165, 1.54) is 6.92 Å². The Hall–Kier alpha value is -1.25. The summed E-state index contributed by atoms with van der Waals surface area (Å²) in [6.07, 6.45) is 4.13. The van der Waals surface area contributed by atoms with Crippen LogP contribution in [0.5, 0.6) is 0 Å². The molecule has 1 aliphatic carbocycles. The van der Waals surface area contributed by atoms with E-state index < -0.39 is 0 Å². The van der Waals surface area contributed by atoms with E-state index in [0.717, 1.165) is 37.0 Å². The van der Waals surface area contributed by atoms with Gasteiger partial charge in [-0.2, -0.15) is 0 Å². The Morgan fingerprint density at radius 2 is 1.87 bits per heavy atom. The highest BCUT2D eigenvalue weighted by Gasteiger charge is 2.23. The molecule has 0 fully saturated rings. The van der Waals surface area contributed by atoms with Crippen molar-refractivity contribution in [2.45, 2.75) is 46.5 Å². The number of hydrogen-bond acceptors (Lipinski definition) is 3. The molecule has 0 saturated heterocycles. The van der Waals surface area contributed by atoms with Crippen molar-refractivity contribution >= 4 is 11.7 Å². The van der Waals surface area contributed by atoms with Crippen LogP contribution >= 0.6 is 0 Å². The van der Waals surface area contributed by atoms with Gasteiger partial charge in [0.05, 0.1) is 5.56 Å². The van der Waals surface area contributed by atoms with E-state index >= 15 is 0 Å². The second-order valence-corrected chi connectivity index (χ2v) is 3.51. The third-order valence-corrected chi connectivity index (χ3v) is 2.55. The highest BCUT2D eigenvalue weighted by Crippen LogP contribution is 2.31. The molecule has 0 spiro atoms. The van der Waals surface area contributed by atoms with Gasteiger partial charge in [0.2, 0.25) is 5.88 Å². The Morgan fingerprint density at radius 3 is 2.47 bits per heavy atom. The van der Waals surface area contributed by atoms with Crippen LogP contribution in [0.3, 0.4) is 0 Å². The molecule has 84 valence electrons. The predicted molar refractivity (Wildman–Crippen MR) is 61.1 cm³/mol. The van der Waals surface area contributed by atoms with Gasteiger partial charge in [-0.1, -0.05) is 13.8 Å². The van der Waals surface area contributed by atoms with Gasteiger partial charge in [0.1, 0.15) is 5.76 Å². The van der Waals surface area contributed by atoms with Crippen LogP contribution in [0.1, 0.15) is 55.3 Å². The average molecular weight is 209 g/mol. The van der Waals surface area contributed by atoms with E-state index in [2.05, 4.69) is 0 Å². The molecule has 3 heteroatoms. The fraction of sp³-hybridized carbons (Fsp3) is 0.583. The minimum atomic E-state index is 0.0180. The molecule has 1 aliphatic rings. The van der Waals surface area contributed by atoms with Gasteiger partial charge in [0.15, 0.2) is 5.78 Å². The van der Waals surface area contributed by atoms with Crippen LogP contribution < -0.4 is 5.73 Å². The van der Waals surface area contributed by atoms with Gasteiger partial charge in [0, 0.05) is 12.0 Å². The molecule has 0 unspecified atom stereocenters. The summed E-state index contributed by atoms with van der Waals surface area (Å²) in [5, 5.41) is 0. The fourth-order valence-corrected chi connectivity index (χ4v) is 1.97. The van der Waals surface area contributed by atoms with Crippen molar-refractivity contribution in [3.05, 3.63) is 16.9 Å². The highest BCUT2D eigenvalue weighted by atomic mass is 16.4. The molecule has 0 aliphatic heterocycles. The number of nitrogen functional groups attached to an aromatic ring is 1. The van der Waals surface area contributed by atoms with Crippen molar-refractivity contribution in [2.24, 2.45) is 0 Å². The number of fused-ring (bicyclic) bond motifs is 1. The first-order valence-corrected chi connectivity index (χ1v) is 5.61. The smallest absolute Gasteiger partial charge is 0.201 e. The summed E-state index contributed by atoms with van der Waals surface area (Å²) >= 11 is 0. The molecule has 2 rings (SSSR count). The van der Waals surface area contributed by atoms with E-state index in [1.807, 2.05) is 13.8 Å². The molecule has 0 aromatic carbocycles. The maximum absolute atomic E-state index is 11.3. The molecule has 15 heavy (non-hydrogen) atoms. The Labute approximate surface area is 90.6 Å². The Balaban J connectivity index is 0.000000531. The van der Waals surface area contributed by atoms with Crippen LogP contribution in [-0.2, 0) is 12.8 Å². The van der Waals surface area contributed by atoms with Crippen LogP contribution in [0, 0.1) is 0 Å². The summed E-state index contributed by atoms with van der Waals surface area (Å²) in [7, 11) is 0. The summed E-state index contributed by atoms with van der Waals surface area (Å²) in [6.45, 7) is 5.54. The lowest BCUT2D eigenvalue weighted by atomic mass is 9.94. The van der Waals surface area contributed by atoms with Crippen LogP contribution in [0.15, 0.2) is 4.42 Å². The van der Waals surface area contributed by atoms with Crippen molar-refractivity contribution in [3.63, 3.8) is 0 Å². The fourth-order valence-electron chi connectivity index (χ4n) is 1.97. The van der Waals surface area contributed by atoms with Gasteiger partial charge in [-0.25, -0.2) is 0 Å². The van der Waals surface area contributed by atoms with Crippen LogP contribution in [0.4, 0.5) is 5.88 Å². The third kappa shape index (κ3) is 2.22. The van der Waals surface area contributed by atoms with E-state index in [9.17, 15) is 4.79 Å². The van der Waals surface area contributed by atoms with Crippen molar-refractivity contribution in [1.29, 1.82) is 0 Å². The summed E-state index contributed by atoms with van der Waals surface area (Å²) < 4.78 is 5.36. The maximum atomic E-state index is 11.3. The standard InChI is InChI=1S/C10H13NO2.C2H6/c1-6(12)9-7-4-2-3-5-8(7)13-10(9)11;1-2/h2-5,11H2,1H3;1-2H3. The van der Waals surface area contributed by atoms with Crippen molar-refractivity contribution in [1.82, 2.24) is 0 Å². The zero-order valence-electron chi connectivity index (χ0n) is 9.72. The minimum Gasteiger partial charge on any atom is -0.445 e. The van der Waals surface area contributed by atoms with E-state index in [4.69, 9.17) is 10.2 Å². The topological polar surface area (TPSA) is 56.2 Å². The number of hydrogen-bond donors (Lipinski definition) is 1. The molecule has 1 aromatic heterocycles. The number of ketones is 1. The number of nitrogens with two attached hydrogens (primary N) is 1. The van der Waals surface area contributed by atoms with Gasteiger partial charge in [-0.05, 0) is 26.2 Å². The van der Waals surface area contributed by atoms with Gasteiger partial charge in [-0.15, -0.1) is 0 Å². The Bertz CT molecular complexity index is 353. The first-order chi connectivity index (χ1) is 7.20. The molecule has 0 saturated carbocycles. The van der Waals surface area contributed by atoms with E-state index in [1.54, 1.807) is 0 Å². The number of rotatable bonds is 1. The first-order valence-electron chi connectivity index (χ1n) is 5.61. The van der Waals surface area contributed by atoms with Crippen molar-refractivity contribution in [2.75, 3.05) is 5.73 Å². The van der Waals surface area contributed by atoms with Gasteiger partial charge < -0.3 is 10.2 Å². The monoisotopic (exact) mass is 209 g/mol. The minimum absolute atomic E-state index is 0.0180. The average Bonchev–Trinajstić information content (AvgIpc) is 2.56. The first kappa shape index (κ1) is 11.8. The molecule has 2 N–H and O–H groups in total. The summed E-state index contributed by atoms with van der Waals surface area (Å²) in [5.41, 5.74) is 7.31. The molecule has 0 amide bonds. The molecule has 1 heterocycles. The third-order valence-electron chi connectivity index (χ3n) is 2.55. The second-order valence-electron chi connectivity index (χ2n) is 3.51. The molecule has 0 atom stereocenters. The van der Waals surface area contributed by atoms with Gasteiger partial charge >= 0.3 is 0 Å². The summed E-state index contributed by atoms with van der Waals surface area (Å²) in [4.78, 5) is 11.3. The van der Waals surface area contributed by atoms with Crippen molar-refractivity contribution < 1.29 is 9.21 Å². The zero-order valence-corrected chi connectivity index (χ0v) is 9.72. The number of carbonyl (C=O) groups is 1. The van der Waals surface area contributed by atoms with Gasteiger partial charge in [-0.3, -0.25) is 4.79 Å². The maximum Gasteiger partial charge on any atom is 0.201 e. The number of anilines is 1. The number of carbonyl (C=O) groups excluding carboxylic acids is 1. The highest BCUT2D eigenvalue weighted by molar-refractivity contribution is 5.99. The molecular weight excluding hydrogens is 190 g/mol. The van der Waals surface area contributed by atoms with Crippen LogP contribution in [0.25, 0.3) is 0 Å². The molecule has 3 nitrogen and oxygen atoms in total. The quantitative estimate of drug-likeness (QED) is 0.723. The van der Waals surface area contributed by atoms with Gasteiger partial charge in [0.25, 0.3) is 0 Å². The molecule has 1 aromatic rings. The van der Waals surface area contributed by atoms with Crippen molar-refractivity contribution in [3.8, 4) is 0 Å². The summed E-state index contributed by atoms with van der Waals surface area (Å²) in [5.74, 6) is 1.25. The molecule has 0 bridgehead atoms. The Kier molecular flexibility index (Phi) is 3.95. The normalized spacial score (nSPS) is 13.8. The lowest BCUT2D eigenvalue weighted by Gasteiger charge is -2.09. The zero-order chi connectivity index (χ0) is 11.4. The SMILES string of the molecule is CC.CC(=O)c1c(N)oc2c1CCCC2. The molecular formula is C12H19NO2. The van der Waals surface area contributed by atoms with Crippen LogP contribution in [-0.4, -0.2) is 5.78 Å². The lowest BCUT2D eigenvalue weighted by molar-refractivity contribution is 0.101. The van der Waals surface area contributed by atoms with Crippen LogP contribution in [0.2, 0.25) is 0 Å². The Morgan fingerprint density at radius 1 is 1.27 bits per heavy atom. The largest absolute Gasteiger partial charge is 0.445 e. The summed E-state index contributed by atoms with van der Waals surface area (Å²) in [6, 6.07) is 0. The van der Waals surface area contributed by atoms with E-state index in [-0.39, 0.29) is 5.78 Å². The number of aryl methyl sites for hydroxylation is 1. The molecule has 0 radical (unpaired) electrons. The lowest BCUT2D eigenvalue weighted by Crippen LogP contribution is -2.04. The number of Topliss-reactive ketones (excluding diaryl/α,β-unsaturated/α-hetero) is 1. The van der Waals surface area contributed by atoms with E-state index in [0.29, 0.717) is 11.4 Å².